The summed E-state index contributed by atoms with van der Waals surface area (Å²) in [6.07, 6.45) is 5.36. The Morgan fingerprint density at radius 2 is 1.95 bits per heavy atom. The number of allylic oxidation sites excluding steroid dienone is 1. The standard InChI is InChI=1S/C16H10N2S/c17-10-13(9-12-5-7-18-8-6-12)15-11-19-16-4-2-1-3-14(15)16/h1-9,11H/b13-9+. The molecule has 0 saturated carbocycles. The van der Waals surface area contributed by atoms with Crippen LogP contribution in [0.2, 0.25) is 0 Å². The van der Waals surface area contributed by atoms with Crippen molar-refractivity contribution < 1.29 is 0 Å². The largest absolute Gasteiger partial charge is 0.265 e. The number of nitrogens with zero attached hydrogens (tertiary/aromatic N) is 2. The minimum atomic E-state index is 0.684. The molecule has 3 heteroatoms. The molecule has 0 amide bonds. The number of fused-ring (bicyclic) bond motifs is 1. The Morgan fingerprint density at radius 1 is 1.16 bits per heavy atom. The minimum absolute atomic E-state index is 0.684. The van der Waals surface area contributed by atoms with Crippen molar-refractivity contribution in [2.75, 3.05) is 0 Å². The first-order valence-corrected chi connectivity index (χ1v) is 6.75. The molecule has 90 valence electrons. The van der Waals surface area contributed by atoms with Crippen LogP contribution in [-0.2, 0) is 0 Å². The SMILES string of the molecule is N#C/C(=C\c1ccncc1)c1csc2ccccc12. The first-order chi connectivity index (χ1) is 9.38. The van der Waals surface area contributed by atoms with Gasteiger partial charge in [-0.25, -0.2) is 0 Å². The number of hydrogen-bond acceptors (Lipinski definition) is 3. The monoisotopic (exact) mass is 262 g/mol. The molecule has 0 saturated heterocycles. The highest BCUT2D eigenvalue weighted by Crippen LogP contribution is 2.31. The second kappa shape index (κ2) is 5.05. The molecule has 3 aromatic rings. The Balaban J connectivity index is 2.14. The van der Waals surface area contributed by atoms with E-state index in [2.05, 4.69) is 23.2 Å². The zero-order chi connectivity index (χ0) is 13.1. The lowest BCUT2D eigenvalue weighted by molar-refractivity contribution is 1.32. The molecule has 0 bridgehead atoms. The topological polar surface area (TPSA) is 36.7 Å². The molecular weight excluding hydrogens is 252 g/mol. The summed E-state index contributed by atoms with van der Waals surface area (Å²) >= 11 is 1.66. The lowest BCUT2D eigenvalue weighted by atomic mass is 10.0. The van der Waals surface area contributed by atoms with Crippen molar-refractivity contribution in [3.8, 4) is 6.07 Å². The van der Waals surface area contributed by atoms with E-state index >= 15 is 0 Å². The molecule has 1 aromatic carbocycles. The van der Waals surface area contributed by atoms with Gasteiger partial charge in [0.05, 0.1) is 11.6 Å². The van der Waals surface area contributed by atoms with Crippen LogP contribution >= 0.6 is 11.3 Å². The van der Waals surface area contributed by atoms with Crippen molar-refractivity contribution in [1.82, 2.24) is 4.98 Å². The Hall–Kier alpha value is -2.44. The van der Waals surface area contributed by atoms with Crippen LogP contribution in [0.1, 0.15) is 11.1 Å². The Morgan fingerprint density at radius 3 is 2.74 bits per heavy atom. The summed E-state index contributed by atoms with van der Waals surface area (Å²) in [5.41, 5.74) is 2.67. The van der Waals surface area contributed by atoms with Crippen LogP contribution in [0.5, 0.6) is 0 Å². The van der Waals surface area contributed by atoms with Crippen molar-refractivity contribution in [2.24, 2.45) is 0 Å². The van der Waals surface area contributed by atoms with Gasteiger partial charge >= 0.3 is 0 Å². The lowest BCUT2D eigenvalue weighted by Gasteiger charge is -1.98. The van der Waals surface area contributed by atoms with E-state index in [4.69, 9.17) is 0 Å². The summed E-state index contributed by atoms with van der Waals surface area (Å²) in [6, 6.07) is 14.2. The van der Waals surface area contributed by atoms with Gasteiger partial charge in [-0.2, -0.15) is 5.26 Å². The van der Waals surface area contributed by atoms with Gasteiger partial charge in [0, 0.05) is 33.4 Å². The zero-order valence-electron chi connectivity index (χ0n) is 10.1. The smallest absolute Gasteiger partial charge is 0.0998 e. The normalized spacial score (nSPS) is 11.4. The highest BCUT2D eigenvalue weighted by atomic mass is 32.1. The third kappa shape index (κ3) is 2.26. The predicted octanol–water partition coefficient (Wildman–Crippen LogP) is 4.36. The van der Waals surface area contributed by atoms with Gasteiger partial charge in [0.1, 0.15) is 0 Å². The lowest BCUT2D eigenvalue weighted by Crippen LogP contribution is -1.80. The fourth-order valence-electron chi connectivity index (χ4n) is 1.98. The molecule has 19 heavy (non-hydrogen) atoms. The number of hydrogen-bond donors (Lipinski definition) is 0. The highest BCUT2D eigenvalue weighted by Gasteiger charge is 2.08. The number of nitriles is 1. The zero-order valence-corrected chi connectivity index (χ0v) is 10.9. The maximum Gasteiger partial charge on any atom is 0.0998 e. The number of aromatic nitrogens is 1. The van der Waals surface area contributed by atoms with E-state index in [1.807, 2.05) is 35.7 Å². The molecule has 0 aliphatic carbocycles. The van der Waals surface area contributed by atoms with Crippen molar-refractivity contribution >= 4 is 33.1 Å². The van der Waals surface area contributed by atoms with Crippen LogP contribution in [0.15, 0.2) is 54.2 Å². The first kappa shape index (κ1) is 11.6. The number of thiophene rings is 1. The van der Waals surface area contributed by atoms with Crippen LogP contribution in [0.3, 0.4) is 0 Å². The van der Waals surface area contributed by atoms with Gasteiger partial charge in [-0.15, -0.1) is 11.3 Å². The fourth-order valence-corrected chi connectivity index (χ4v) is 2.94. The van der Waals surface area contributed by atoms with E-state index in [1.54, 1.807) is 23.7 Å². The summed E-state index contributed by atoms with van der Waals surface area (Å²) in [6.45, 7) is 0. The van der Waals surface area contributed by atoms with E-state index in [1.165, 1.54) is 4.70 Å². The molecule has 0 aliphatic rings. The van der Waals surface area contributed by atoms with Crippen LogP contribution in [0.25, 0.3) is 21.7 Å². The molecule has 0 atom stereocenters. The first-order valence-electron chi connectivity index (χ1n) is 5.87. The van der Waals surface area contributed by atoms with Gasteiger partial charge < -0.3 is 0 Å². The number of benzene rings is 1. The third-order valence-electron chi connectivity index (χ3n) is 2.91. The van der Waals surface area contributed by atoms with E-state index in [9.17, 15) is 5.26 Å². The van der Waals surface area contributed by atoms with Crippen molar-refractivity contribution in [3.05, 3.63) is 65.3 Å². The molecule has 0 N–H and O–H groups in total. The van der Waals surface area contributed by atoms with E-state index in [0.717, 1.165) is 16.5 Å². The van der Waals surface area contributed by atoms with E-state index < -0.39 is 0 Å². The van der Waals surface area contributed by atoms with E-state index in [-0.39, 0.29) is 0 Å². The quantitative estimate of drug-likeness (QED) is 0.643. The Kier molecular flexibility index (Phi) is 3.09. The molecule has 2 aromatic heterocycles. The molecular formula is C16H10N2S. The minimum Gasteiger partial charge on any atom is -0.265 e. The van der Waals surface area contributed by atoms with Gasteiger partial charge in [0.2, 0.25) is 0 Å². The van der Waals surface area contributed by atoms with Gasteiger partial charge in [0.25, 0.3) is 0 Å². The number of rotatable bonds is 2. The van der Waals surface area contributed by atoms with Gasteiger partial charge in [0.15, 0.2) is 0 Å². The molecule has 0 aliphatic heterocycles. The summed E-state index contributed by atoms with van der Waals surface area (Å²) in [5, 5.41) is 12.6. The van der Waals surface area contributed by atoms with Crippen LogP contribution < -0.4 is 0 Å². The van der Waals surface area contributed by atoms with Crippen LogP contribution in [0.4, 0.5) is 0 Å². The molecule has 0 fully saturated rings. The average molecular weight is 262 g/mol. The van der Waals surface area contributed by atoms with Gasteiger partial charge in [-0.1, -0.05) is 18.2 Å². The van der Waals surface area contributed by atoms with E-state index in [0.29, 0.717) is 5.57 Å². The molecule has 2 heterocycles. The number of pyridine rings is 1. The summed E-state index contributed by atoms with van der Waals surface area (Å²) in [4.78, 5) is 3.98. The van der Waals surface area contributed by atoms with Gasteiger partial charge in [-0.3, -0.25) is 4.98 Å². The third-order valence-corrected chi connectivity index (χ3v) is 3.87. The maximum absolute atomic E-state index is 9.39. The van der Waals surface area contributed by atoms with Crippen molar-refractivity contribution in [1.29, 1.82) is 5.26 Å². The highest BCUT2D eigenvalue weighted by molar-refractivity contribution is 7.17. The second-order valence-corrected chi connectivity index (χ2v) is 5.01. The maximum atomic E-state index is 9.39. The average Bonchev–Trinajstić information content (AvgIpc) is 2.90. The second-order valence-electron chi connectivity index (χ2n) is 4.10. The molecule has 0 radical (unpaired) electrons. The van der Waals surface area contributed by atoms with Gasteiger partial charge in [-0.05, 0) is 29.8 Å². The molecule has 0 spiro atoms. The fraction of sp³-hybridized carbons (Fsp3) is 0. The molecule has 2 nitrogen and oxygen atoms in total. The Labute approximate surface area is 115 Å². The van der Waals surface area contributed by atoms with Crippen LogP contribution in [-0.4, -0.2) is 4.98 Å². The van der Waals surface area contributed by atoms with Crippen molar-refractivity contribution in [3.63, 3.8) is 0 Å². The summed E-state index contributed by atoms with van der Waals surface area (Å²) in [5.74, 6) is 0. The predicted molar refractivity (Wildman–Crippen MR) is 79.5 cm³/mol. The summed E-state index contributed by atoms with van der Waals surface area (Å²) in [7, 11) is 0. The van der Waals surface area contributed by atoms with Crippen molar-refractivity contribution in [2.45, 2.75) is 0 Å². The Bertz CT molecular complexity index is 779. The molecule has 0 unspecified atom stereocenters. The van der Waals surface area contributed by atoms with Crippen LogP contribution in [0, 0.1) is 11.3 Å². The summed E-state index contributed by atoms with van der Waals surface area (Å²) < 4.78 is 1.20. The molecule has 3 rings (SSSR count).